The molecule has 3 heteroatoms. The molecule has 1 unspecified atom stereocenters. The molecule has 0 bridgehead atoms. The minimum Gasteiger partial charge on any atom is -0.392 e. The molecular weight excluding hydrogens is 276 g/mol. The largest absolute Gasteiger partial charge is 0.392 e. The van der Waals surface area contributed by atoms with Gasteiger partial charge >= 0.3 is 0 Å². The van der Waals surface area contributed by atoms with Gasteiger partial charge < -0.3 is 10.2 Å². The molecule has 0 amide bonds. The Hall–Kier alpha value is -0.850. The molecule has 0 spiro atoms. The lowest BCUT2D eigenvalue weighted by atomic mass is 9.53. The number of carbonyl (C=O) groups excluding carboxylic acids is 1. The van der Waals surface area contributed by atoms with Crippen molar-refractivity contribution >= 4 is 5.78 Å². The van der Waals surface area contributed by atoms with E-state index in [1.165, 1.54) is 12.8 Å². The first-order chi connectivity index (χ1) is 10.5. The first kappa shape index (κ1) is 17.5. The van der Waals surface area contributed by atoms with E-state index < -0.39 is 12.2 Å². The van der Waals surface area contributed by atoms with Crippen molar-refractivity contribution in [2.45, 2.75) is 71.5 Å². The van der Waals surface area contributed by atoms with Crippen LogP contribution in [-0.4, -0.2) is 28.2 Å². The zero-order valence-corrected chi connectivity index (χ0v) is 14.1. The first-order valence-corrected chi connectivity index (χ1v) is 8.86. The van der Waals surface area contributed by atoms with Crippen molar-refractivity contribution < 1.29 is 15.0 Å². The molecule has 0 aromatic heterocycles. The molecule has 2 aliphatic carbocycles. The van der Waals surface area contributed by atoms with Crippen molar-refractivity contribution in [3.63, 3.8) is 0 Å². The highest BCUT2D eigenvalue weighted by Gasteiger charge is 2.54. The maximum absolute atomic E-state index is 11.9. The molecule has 2 N–H and O–H groups in total. The van der Waals surface area contributed by atoms with Crippen LogP contribution in [0.1, 0.15) is 59.3 Å². The number of ketones is 1. The normalized spacial score (nSPS) is 36.6. The Labute approximate surface area is 134 Å². The van der Waals surface area contributed by atoms with Crippen molar-refractivity contribution in [2.24, 2.45) is 29.6 Å². The van der Waals surface area contributed by atoms with Gasteiger partial charge in [0.1, 0.15) is 11.9 Å². The Balaban J connectivity index is 1.92. The van der Waals surface area contributed by atoms with E-state index >= 15 is 0 Å². The van der Waals surface area contributed by atoms with Crippen molar-refractivity contribution in [1.29, 1.82) is 0 Å². The van der Waals surface area contributed by atoms with Crippen molar-refractivity contribution in [2.75, 3.05) is 0 Å². The molecule has 0 aliphatic heterocycles. The van der Waals surface area contributed by atoms with Crippen LogP contribution in [0.4, 0.5) is 0 Å². The predicted molar refractivity (Wildman–Crippen MR) is 87.0 cm³/mol. The number of Topliss-reactive ketones (excluding diaryl/α,β-unsaturated/α-hetero) is 1. The Bertz CT molecular complexity index is 447. The third kappa shape index (κ3) is 3.73. The van der Waals surface area contributed by atoms with E-state index in [4.69, 9.17) is 0 Å². The molecule has 124 valence electrons. The molecule has 2 aliphatic rings. The lowest BCUT2D eigenvalue weighted by Crippen LogP contribution is -2.55. The van der Waals surface area contributed by atoms with Gasteiger partial charge in [0.05, 0.1) is 12.0 Å². The second kappa shape index (κ2) is 7.62. The van der Waals surface area contributed by atoms with Gasteiger partial charge in [0.2, 0.25) is 0 Å². The van der Waals surface area contributed by atoms with Gasteiger partial charge in [-0.2, -0.15) is 0 Å². The first-order valence-electron chi connectivity index (χ1n) is 8.86. The summed E-state index contributed by atoms with van der Waals surface area (Å²) in [4.78, 5) is 11.9. The lowest BCUT2D eigenvalue weighted by Gasteiger charge is -2.49. The van der Waals surface area contributed by atoms with Gasteiger partial charge in [-0.3, -0.25) is 4.79 Å². The number of unbranched alkanes of at least 4 members (excludes halogenated alkanes) is 1. The molecule has 22 heavy (non-hydrogen) atoms. The van der Waals surface area contributed by atoms with Crippen molar-refractivity contribution in [1.82, 2.24) is 0 Å². The van der Waals surface area contributed by atoms with Crippen LogP contribution in [0.25, 0.3) is 0 Å². The van der Waals surface area contributed by atoms with Crippen LogP contribution in [0.2, 0.25) is 0 Å². The number of carbonyl (C=O) groups is 1. The van der Waals surface area contributed by atoms with Crippen LogP contribution < -0.4 is 0 Å². The summed E-state index contributed by atoms with van der Waals surface area (Å²) in [5.41, 5.74) is 0. The molecule has 0 heterocycles. The highest BCUT2D eigenvalue weighted by atomic mass is 16.3. The zero-order valence-electron chi connectivity index (χ0n) is 14.1. The molecule has 7 atom stereocenters. The van der Waals surface area contributed by atoms with Crippen LogP contribution in [0.15, 0.2) is 0 Å². The molecule has 2 rings (SSSR count). The highest BCUT2D eigenvalue weighted by Crippen LogP contribution is 2.49. The molecular formula is C19H30O3. The third-order valence-corrected chi connectivity index (χ3v) is 5.55. The van der Waals surface area contributed by atoms with E-state index in [-0.39, 0.29) is 23.7 Å². The standard InChI is InChI=1S/C19H30O3/c1-4-5-6-12(2)11-14(20)7-8-15-17(21)10-9-16-18(15)13(3)19(16)22/h12-18,20-21H,4-6,9-11H2,1-3H3/t12-,13?,14-,15+,16+,17-,18-/m1/s1. The molecule has 2 saturated carbocycles. The minimum absolute atomic E-state index is 0.0138. The van der Waals surface area contributed by atoms with Crippen LogP contribution in [0.3, 0.4) is 0 Å². The fourth-order valence-corrected chi connectivity index (χ4v) is 4.12. The molecule has 3 nitrogen and oxygen atoms in total. The Morgan fingerprint density at radius 2 is 2.09 bits per heavy atom. The fourth-order valence-electron chi connectivity index (χ4n) is 4.12. The summed E-state index contributed by atoms with van der Waals surface area (Å²) in [6.45, 7) is 6.27. The maximum Gasteiger partial charge on any atom is 0.139 e. The SMILES string of the molecule is CCCC[C@@H](C)C[C@H](O)C#C[C@@H]1[C@H]2C(C)C(=O)[C@H]2CC[C@H]1O. The summed E-state index contributed by atoms with van der Waals surface area (Å²) in [6.07, 6.45) is 4.56. The van der Waals surface area contributed by atoms with Gasteiger partial charge in [-0.15, -0.1) is 0 Å². The van der Waals surface area contributed by atoms with E-state index in [2.05, 4.69) is 25.7 Å². The predicted octanol–water partition coefficient (Wildman–Crippen LogP) is 2.79. The summed E-state index contributed by atoms with van der Waals surface area (Å²) in [6, 6.07) is 0. The number of rotatable bonds is 5. The molecule has 2 fully saturated rings. The number of aliphatic hydroxyl groups excluding tert-OH is 2. The number of hydrogen-bond acceptors (Lipinski definition) is 3. The van der Waals surface area contributed by atoms with Crippen molar-refractivity contribution in [3.8, 4) is 11.8 Å². The Morgan fingerprint density at radius 1 is 1.36 bits per heavy atom. The molecule has 0 aromatic carbocycles. The summed E-state index contributed by atoms with van der Waals surface area (Å²) in [7, 11) is 0. The van der Waals surface area contributed by atoms with Gasteiger partial charge in [0.25, 0.3) is 0 Å². The lowest BCUT2D eigenvalue weighted by molar-refractivity contribution is -0.151. The van der Waals surface area contributed by atoms with E-state index in [1.54, 1.807) is 0 Å². The number of hydrogen-bond donors (Lipinski definition) is 2. The molecule has 0 saturated heterocycles. The Morgan fingerprint density at radius 3 is 2.77 bits per heavy atom. The topological polar surface area (TPSA) is 57.5 Å². The van der Waals surface area contributed by atoms with E-state index in [9.17, 15) is 15.0 Å². The van der Waals surface area contributed by atoms with Crippen LogP contribution in [0.5, 0.6) is 0 Å². The van der Waals surface area contributed by atoms with Crippen molar-refractivity contribution in [3.05, 3.63) is 0 Å². The van der Waals surface area contributed by atoms with E-state index in [0.717, 1.165) is 12.8 Å². The summed E-state index contributed by atoms with van der Waals surface area (Å²) in [5.74, 6) is 7.01. The Kier molecular flexibility index (Phi) is 6.06. The average molecular weight is 306 g/mol. The highest BCUT2D eigenvalue weighted by molar-refractivity contribution is 5.90. The average Bonchev–Trinajstić information content (AvgIpc) is 2.50. The van der Waals surface area contributed by atoms with E-state index in [0.29, 0.717) is 24.5 Å². The van der Waals surface area contributed by atoms with Crippen LogP contribution in [0, 0.1) is 41.4 Å². The summed E-state index contributed by atoms with van der Waals surface area (Å²) >= 11 is 0. The quantitative estimate of drug-likeness (QED) is 0.768. The second-order valence-corrected chi connectivity index (χ2v) is 7.33. The fraction of sp³-hybridized carbons (Fsp3) is 0.842. The van der Waals surface area contributed by atoms with Crippen LogP contribution >= 0.6 is 0 Å². The smallest absolute Gasteiger partial charge is 0.139 e. The monoisotopic (exact) mass is 306 g/mol. The van der Waals surface area contributed by atoms with Gasteiger partial charge in [-0.25, -0.2) is 0 Å². The number of aliphatic hydroxyl groups is 2. The molecule has 0 aromatic rings. The summed E-state index contributed by atoms with van der Waals surface area (Å²) < 4.78 is 0. The van der Waals surface area contributed by atoms with E-state index in [1.807, 2.05) is 6.92 Å². The minimum atomic E-state index is -0.620. The molecule has 0 radical (unpaired) electrons. The van der Waals surface area contributed by atoms with Gasteiger partial charge in [0, 0.05) is 11.8 Å². The second-order valence-electron chi connectivity index (χ2n) is 7.33. The van der Waals surface area contributed by atoms with Gasteiger partial charge in [0.15, 0.2) is 0 Å². The van der Waals surface area contributed by atoms with Gasteiger partial charge in [-0.1, -0.05) is 51.9 Å². The van der Waals surface area contributed by atoms with Crippen LogP contribution in [-0.2, 0) is 4.79 Å². The third-order valence-electron chi connectivity index (χ3n) is 5.55. The van der Waals surface area contributed by atoms with Gasteiger partial charge in [-0.05, 0) is 31.1 Å². The number of fused-ring (bicyclic) bond motifs is 1. The summed E-state index contributed by atoms with van der Waals surface area (Å²) in [5, 5.41) is 20.3. The maximum atomic E-state index is 11.9. The zero-order chi connectivity index (χ0) is 16.3.